The molecule has 202 valence electrons. The van der Waals surface area contributed by atoms with Gasteiger partial charge in [0.2, 0.25) is 12.0 Å². The van der Waals surface area contributed by atoms with Crippen molar-refractivity contribution in [2.75, 3.05) is 13.7 Å². The maximum atomic E-state index is 11.8. The van der Waals surface area contributed by atoms with Crippen LogP contribution in [0.3, 0.4) is 0 Å². The lowest BCUT2D eigenvalue weighted by atomic mass is 9.93. The number of esters is 1. The SMILES string of the molecule is COc1cc(O)c(O[C@@H]2OC(CO)[C@@H](O)[C@H](O)C2O)c2c1C[C@@H](OC(C)=O)[C@@H](c1ccc(O)c(O)c1)O2. The van der Waals surface area contributed by atoms with Crippen molar-refractivity contribution < 1.29 is 64.2 Å². The number of aliphatic hydroxyl groups excluding tert-OH is 4. The van der Waals surface area contributed by atoms with E-state index in [0.29, 0.717) is 11.1 Å². The first kappa shape index (κ1) is 26.6. The first-order valence-corrected chi connectivity index (χ1v) is 11.3. The highest BCUT2D eigenvalue weighted by Crippen LogP contribution is 2.51. The molecule has 2 aliphatic rings. The molecule has 2 aromatic carbocycles. The number of aliphatic hydroxyl groups is 4. The number of benzene rings is 2. The highest BCUT2D eigenvalue weighted by atomic mass is 16.7. The number of phenolic OH excluding ortho intramolecular Hbond substituents is 3. The molecule has 7 atom stereocenters. The van der Waals surface area contributed by atoms with Crippen LogP contribution in [0.15, 0.2) is 24.3 Å². The Kier molecular flexibility index (Phi) is 7.52. The Balaban J connectivity index is 1.78. The summed E-state index contributed by atoms with van der Waals surface area (Å²) in [5.74, 6) is -2.16. The Bertz CT molecular complexity index is 1150. The van der Waals surface area contributed by atoms with Gasteiger partial charge in [0, 0.05) is 30.5 Å². The predicted octanol–water partition coefficient (Wildman–Crippen LogP) is -0.401. The van der Waals surface area contributed by atoms with E-state index in [9.17, 15) is 40.5 Å². The smallest absolute Gasteiger partial charge is 0.303 e. The maximum absolute atomic E-state index is 11.8. The zero-order valence-electron chi connectivity index (χ0n) is 19.8. The lowest BCUT2D eigenvalue weighted by Crippen LogP contribution is -2.60. The van der Waals surface area contributed by atoms with Gasteiger partial charge in [0.05, 0.1) is 13.7 Å². The molecule has 2 unspecified atom stereocenters. The van der Waals surface area contributed by atoms with Gasteiger partial charge in [0.1, 0.15) is 36.3 Å². The zero-order valence-corrected chi connectivity index (χ0v) is 19.8. The van der Waals surface area contributed by atoms with Crippen molar-refractivity contribution in [3.05, 3.63) is 35.4 Å². The van der Waals surface area contributed by atoms with Crippen LogP contribution in [0, 0.1) is 0 Å². The molecule has 0 aromatic heterocycles. The van der Waals surface area contributed by atoms with E-state index in [2.05, 4.69) is 0 Å². The lowest BCUT2D eigenvalue weighted by molar-refractivity contribution is -0.278. The molecular formula is C24H28O13. The van der Waals surface area contributed by atoms with Gasteiger partial charge in [-0.15, -0.1) is 0 Å². The molecule has 0 spiro atoms. The van der Waals surface area contributed by atoms with E-state index in [-0.39, 0.29) is 29.4 Å². The van der Waals surface area contributed by atoms with Crippen molar-refractivity contribution >= 4 is 5.97 Å². The van der Waals surface area contributed by atoms with Gasteiger partial charge >= 0.3 is 5.97 Å². The molecule has 0 saturated carbocycles. The Morgan fingerprint density at radius 3 is 2.38 bits per heavy atom. The van der Waals surface area contributed by atoms with Gasteiger partial charge < -0.3 is 59.4 Å². The zero-order chi connectivity index (χ0) is 27.0. The van der Waals surface area contributed by atoms with Crippen molar-refractivity contribution in [1.82, 2.24) is 0 Å². The van der Waals surface area contributed by atoms with Crippen LogP contribution >= 0.6 is 0 Å². The van der Waals surface area contributed by atoms with E-state index in [4.69, 9.17) is 23.7 Å². The van der Waals surface area contributed by atoms with Crippen LogP contribution in [0.1, 0.15) is 24.2 Å². The summed E-state index contributed by atoms with van der Waals surface area (Å²) in [6.45, 7) is 0.521. The van der Waals surface area contributed by atoms with Crippen LogP contribution in [-0.2, 0) is 20.7 Å². The third-order valence-electron chi connectivity index (χ3n) is 6.21. The lowest BCUT2D eigenvalue weighted by Gasteiger charge is -2.40. The molecule has 13 heteroatoms. The summed E-state index contributed by atoms with van der Waals surface area (Å²) in [6, 6.07) is 5.10. The maximum Gasteiger partial charge on any atom is 0.303 e. The van der Waals surface area contributed by atoms with E-state index in [1.54, 1.807) is 0 Å². The topological polar surface area (TPSA) is 205 Å². The second kappa shape index (κ2) is 10.5. The number of ether oxygens (including phenoxy) is 5. The second-order valence-corrected chi connectivity index (χ2v) is 8.69. The van der Waals surface area contributed by atoms with Crippen molar-refractivity contribution in [1.29, 1.82) is 0 Å². The molecule has 2 heterocycles. The predicted molar refractivity (Wildman–Crippen MR) is 121 cm³/mol. The number of carbonyl (C=O) groups excluding carboxylic acids is 1. The Morgan fingerprint density at radius 2 is 1.76 bits per heavy atom. The number of hydrogen-bond acceptors (Lipinski definition) is 13. The summed E-state index contributed by atoms with van der Waals surface area (Å²) >= 11 is 0. The van der Waals surface area contributed by atoms with E-state index in [1.807, 2.05) is 0 Å². The monoisotopic (exact) mass is 524 g/mol. The molecule has 4 rings (SSSR count). The summed E-state index contributed by atoms with van der Waals surface area (Å²) in [5.41, 5.74) is 0.638. The van der Waals surface area contributed by atoms with Crippen LogP contribution < -0.4 is 14.2 Å². The van der Waals surface area contributed by atoms with Crippen LogP contribution in [0.2, 0.25) is 0 Å². The Hall–Kier alpha value is -3.49. The van der Waals surface area contributed by atoms with E-state index < -0.39 is 67.0 Å². The molecule has 13 nitrogen and oxygen atoms in total. The largest absolute Gasteiger partial charge is 0.504 e. The molecule has 0 aliphatic carbocycles. The summed E-state index contributed by atoms with van der Waals surface area (Å²) in [6.07, 6.45) is -9.97. The summed E-state index contributed by atoms with van der Waals surface area (Å²) in [4.78, 5) is 11.8. The first-order valence-electron chi connectivity index (χ1n) is 11.3. The molecule has 37 heavy (non-hydrogen) atoms. The minimum Gasteiger partial charge on any atom is -0.504 e. The molecule has 7 N–H and O–H groups in total. The molecular weight excluding hydrogens is 496 g/mol. The van der Waals surface area contributed by atoms with Gasteiger partial charge in [-0.1, -0.05) is 6.07 Å². The van der Waals surface area contributed by atoms with Crippen molar-refractivity contribution in [3.8, 4) is 34.5 Å². The quantitative estimate of drug-likeness (QED) is 0.190. The van der Waals surface area contributed by atoms with Gasteiger partial charge in [0.25, 0.3) is 0 Å². The highest BCUT2D eigenvalue weighted by molar-refractivity contribution is 5.67. The Labute approximate surface area is 210 Å². The summed E-state index contributed by atoms with van der Waals surface area (Å²) in [5, 5.41) is 70.5. The number of carbonyl (C=O) groups is 1. The fourth-order valence-electron chi connectivity index (χ4n) is 4.36. The fraction of sp³-hybridized carbons (Fsp3) is 0.458. The van der Waals surface area contributed by atoms with Crippen LogP contribution in [0.4, 0.5) is 0 Å². The summed E-state index contributed by atoms with van der Waals surface area (Å²) < 4.78 is 28.0. The highest BCUT2D eigenvalue weighted by Gasteiger charge is 2.46. The normalized spacial score (nSPS) is 29.1. The van der Waals surface area contributed by atoms with Gasteiger partial charge in [-0.2, -0.15) is 0 Å². The Morgan fingerprint density at radius 1 is 1.03 bits per heavy atom. The molecule has 2 aromatic rings. The third kappa shape index (κ3) is 5.04. The number of phenols is 3. The van der Waals surface area contributed by atoms with Gasteiger partial charge in [-0.05, 0) is 12.1 Å². The number of aromatic hydroxyl groups is 3. The standard InChI is InChI=1S/C24H28O13/c1-9(26)34-16-6-11-15(33-2)7-14(29)23(37-24-20(32)19(31)18(30)17(8-25)35-24)22(11)36-21(16)10-3-4-12(27)13(28)5-10/h3-5,7,16-21,24-25,27-32H,6,8H2,1-2H3/t16-,17?,18-,19+,20?,21-,24+/m1/s1. The second-order valence-electron chi connectivity index (χ2n) is 8.69. The number of methoxy groups -OCH3 is 1. The van der Waals surface area contributed by atoms with E-state index in [1.165, 1.54) is 38.3 Å². The molecule has 0 radical (unpaired) electrons. The number of hydrogen-bond donors (Lipinski definition) is 7. The molecule has 0 amide bonds. The molecule has 2 aliphatic heterocycles. The minimum atomic E-state index is -1.77. The van der Waals surface area contributed by atoms with Gasteiger partial charge in [-0.3, -0.25) is 4.79 Å². The molecule has 1 fully saturated rings. The third-order valence-corrected chi connectivity index (χ3v) is 6.21. The first-order chi connectivity index (χ1) is 17.5. The average molecular weight is 524 g/mol. The molecule has 0 bridgehead atoms. The van der Waals surface area contributed by atoms with E-state index in [0.717, 1.165) is 0 Å². The van der Waals surface area contributed by atoms with Crippen LogP contribution in [0.5, 0.6) is 34.5 Å². The van der Waals surface area contributed by atoms with Crippen LogP contribution in [0.25, 0.3) is 0 Å². The van der Waals surface area contributed by atoms with Crippen LogP contribution in [-0.4, -0.2) is 92.2 Å². The number of rotatable bonds is 6. The van der Waals surface area contributed by atoms with Gasteiger partial charge in [0.15, 0.2) is 29.1 Å². The van der Waals surface area contributed by atoms with E-state index >= 15 is 0 Å². The van der Waals surface area contributed by atoms with Crippen molar-refractivity contribution in [3.63, 3.8) is 0 Å². The van der Waals surface area contributed by atoms with Crippen molar-refractivity contribution in [2.45, 2.75) is 56.3 Å². The summed E-state index contributed by atoms with van der Waals surface area (Å²) in [7, 11) is 1.35. The molecule has 1 saturated heterocycles. The van der Waals surface area contributed by atoms with Crippen molar-refractivity contribution in [2.24, 2.45) is 0 Å². The number of fused-ring (bicyclic) bond motifs is 1. The fourth-order valence-corrected chi connectivity index (χ4v) is 4.36. The van der Waals surface area contributed by atoms with Gasteiger partial charge in [-0.25, -0.2) is 0 Å². The average Bonchev–Trinajstić information content (AvgIpc) is 2.86. The minimum absolute atomic E-state index is 0.00964.